The molecule has 0 bridgehead atoms. The molecule has 1 aromatic rings. The maximum Gasteiger partial charge on any atom is 0.134 e. The Morgan fingerprint density at radius 3 is 2.83 bits per heavy atom. The van der Waals surface area contributed by atoms with Crippen molar-refractivity contribution in [3.63, 3.8) is 0 Å². The van der Waals surface area contributed by atoms with E-state index < -0.39 is 0 Å². The largest absolute Gasteiger partial charge is 0.370 e. The lowest BCUT2D eigenvalue weighted by atomic mass is 10.2. The van der Waals surface area contributed by atoms with Crippen LogP contribution in [0.3, 0.4) is 0 Å². The van der Waals surface area contributed by atoms with Crippen LogP contribution in [-0.4, -0.2) is 29.1 Å². The lowest BCUT2D eigenvalue weighted by Gasteiger charge is -2.23. The van der Waals surface area contributed by atoms with E-state index in [0.29, 0.717) is 6.04 Å². The smallest absolute Gasteiger partial charge is 0.134 e. The summed E-state index contributed by atoms with van der Waals surface area (Å²) in [4.78, 5) is 11.6. The molecule has 0 saturated carbocycles. The Hall–Kier alpha value is -1.32. The first-order valence-electron chi connectivity index (χ1n) is 7.13. The highest BCUT2D eigenvalue weighted by molar-refractivity contribution is 5.50. The molecular formula is C14H24N4. The second kappa shape index (κ2) is 6.03. The number of hydrogen-bond acceptors (Lipinski definition) is 4. The summed E-state index contributed by atoms with van der Waals surface area (Å²) in [6.07, 6.45) is 4.53. The fourth-order valence-electron chi connectivity index (χ4n) is 2.41. The van der Waals surface area contributed by atoms with Gasteiger partial charge in [-0.3, -0.25) is 0 Å². The standard InChI is InChI=1S/C14H24N4/c1-4-8-15-13-10-14(17-12(5-2)16-13)18-9-6-7-11(18)3/h10-11H,4-9H2,1-3H3,(H,15,16,17). The van der Waals surface area contributed by atoms with Crippen LogP contribution in [0.25, 0.3) is 0 Å². The van der Waals surface area contributed by atoms with Crippen molar-refractivity contribution in [2.45, 2.75) is 52.5 Å². The summed E-state index contributed by atoms with van der Waals surface area (Å²) < 4.78 is 0. The van der Waals surface area contributed by atoms with E-state index in [9.17, 15) is 0 Å². The summed E-state index contributed by atoms with van der Waals surface area (Å²) in [6, 6.07) is 2.69. The van der Waals surface area contributed by atoms with Crippen molar-refractivity contribution in [3.05, 3.63) is 11.9 Å². The van der Waals surface area contributed by atoms with Gasteiger partial charge in [0.1, 0.15) is 17.5 Å². The van der Waals surface area contributed by atoms with Crippen molar-refractivity contribution in [3.8, 4) is 0 Å². The minimum atomic E-state index is 0.601. The van der Waals surface area contributed by atoms with Crippen LogP contribution in [0, 0.1) is 0 Å². The molecule has 0 spiro atoms. The first-order valence-corrected chi connectivity index (χ1v) is 7.13. The quantitative estimate of drug-likeness (QED) is 0.870. The van der Waals surface area contributed by atoms with Gasteiger partial charge in [0.15, 0.2) is 0 Å². The Labute approximate surface area is 110 Å². The van der Waals surface area contributed by atoms with Gasteiger partial charge in [-0.05, 0) is 26.2 Å². The van der Waals surface area contributed by atoms with Gasteiger partial charge < -0.3 is 10.2 Å². The van der Waals surface area contributed by atoms with Crippen LogP contribution in [0.1, 0.15) is 45.9 Å². The van der Waals surface area contributed by atoms with Crippen molar-refractivity contribution in [2.75, 3.05) is 23.3 Å². The fourth-order valence-corrected chi connectivity index (χ4v) is 2.41. The lowest BCUT2D eigenvalue weighted by Crippen LogP contribution is -2.27. The molecule has 1 aromatic heterocycles. The zero-order valence-electron chi connectivity index (χ0n) is 11.7. The lowest BCUT2D eigenvalue weighted by molar-refractivity contribution is 0.722. The second-order valence-corrected chi connectivity index (χ2v) is 4.99. The van der Waals surface area contributed by atoms with Crippen LogP contribution in [0.15, 0.2) is 6.07 Å². The molecule has 4 heteroatoms. The Morgan fingerprint density at radius 2 is 2.22 bits per heavy atom. The minimum absolute atomic E-state index is 0.601. The van der Waals surface area contributed by atoms with Gasteiger partial charge in [0, 0.05) is 31.6 Å². The number of anilines is 2. The van der Waals surface area contributed by atoms with Crippen LogP contribution in [0.4, 0.5) is 11.6 Å². The van der Waals surface area contributed by atoms with E-state index in [1.165, 1.54) is 12.8 Å². The summed E-state index contributed by atoms with van der Waals surface area (Å²) in [5.74, 6) is 2.99. The molecule has 2 rings (SSSR count). The molecule has 1 atom stereocenters. The summed E-state index contributed by atoms with van der Waals surface area (Å²) in [5.41, 5.74) is 0. The van der Waals surface area contributed by atoms with Crippen molar-refractivity contribution >= 4 is 11.6 Å². The van der Waals surface area contributed by atoms with Crippen molar-refractivity contribution < 1.29 is 0 Å². The highest BCUT2D eigenvalue weighted by atomic mass is 15.2. The first kappa shape index (κ1) is 13.1. The number of hydrogen-bond donors (Lipinski definition) is 1. The molecule has 2 heterocycles. The average molecular weight is 248 g/mol. The van der Waals surface area contributed by atoms with Crippen LogP contribution in [0.2, 0.25) is 0 Å². The predicted octanol–water partition coefficient (Wildman–Crippen LogP) is 2.85. The molecule has 1 aliphatic rings. The molecule has 100 valence electrons. The van der Waals surface area contributed by atoms with Crippen molar-refractivity contribution in [1.29, 1.82) is 0 Å². The van der Waals surface area contributed by atoms with Gasteiger partial charge in [-0.2, -0.15) is 0 Å². The summed E-state index contributed by atoms with van der Waals surface area (Å²) in [5, 5.41) is 3.37. The molecular weight excluding hydrogens is 224 g/mol. The number of aryl methyl sites for hydroxylation is 1. The van der Waals surface area contributed by atoms with Gasteiger partial charge in [0.25, 0.3) is 0 Å². The van der Waals surface area contributed by atoms with Crippen LogP contribution < -0.4 is 10.2 Å². The SMILES string of the molecule is CCCNc1cc(N2CCCC2C)nc(CC)n1. The number of aromatic nitrogens is 2. The van der Waals surface area contributed by atoms with Crippen molar-refractivity contribution in [1.82, 2.24) is 9.97 Å². The van der Waals surface area contributed by atoms with Gasteiger partial charge in [-0.25, -0.2) is 9.97 Å². The second-order valence-electron chi connectivity index (χ2n) is 4.99. The van der Waals surface area contributed by atoms with E-state index in [-0.39, 0.29) is 0 Å². The van der Waals surface area contributed by atoms with Gasteiger partial charge >= 0.3 is 0 Å². The van der Waals surface area contributed by atoms with Crippen LogP contribution >= 0.6 is 0 Å². The average Bonchev–Trinajstić information content (AvgIpc) is 2.82. The van der Waals surface area contributed by atoms with E-state index in [1.807, 2.05) is 0 Å². The molecule has 0 aliphatic carbocycles. The Kier molecular flexibility index (Phi) is 4.39. The molecule has 1 fully saturated rings. The van der Waals surface area contributed by atoms with E-state index in [4.69, 9.17) is 0 Å². The predicted molar refractivity (Wildman–Crippen MR) is 76.2 cm³/mol. The summed E-state index contributed by atoms with van der Waals surface area (Å²) in [7, 11) is 0. The topological polar surface area (TPSA) is 41.0 Å². The highest BCUT2D eigenvalue weighted by Crippen LogP contribution is 2.25. The molecule has 1 N–H and O–H groups in total. The third kappa shape index (κ3) is 2.92. The summed E-state index contributed by atoms with van der Waals surface area (Å²) in [6.45, 7) is 8.64. The zero-order chi connectivity index (χ0) is 13.0. The van der Waals surface area contributed by atoms with Crippen LogP contribution in [-0.2, 0) is 6.42 Å². The fraction of sp³-hybridized carbons (Fsp3) is 0.714. The first-order chi connectivity index (χ1) is 8.74. The molecule has 4 nitrogen and oxygen atoms in total. The van der Waals surface area contributed by atoms with Crippen molar-refractivity contribution in [2.24, 2.45) is 0 Å². The molecule has 0 radical (unpaired) electrons. The maximum absolute atomic E-state index is 4.67. The normalized spacial score (nSPS) is 19.3. The monoisotopic (exact) mass is 248 g/mol. The highest BCUT2D eigenvalue weighted by Gasteiger charge is 2.22. The molecule has 0 amide bonds. The third-order valence-corrected chi connectivity index (χ3v) is 3.48. The summed E-state index contributed by atoms with van der Waals surface area (Å²) >= 11 is 0. The van der Waals surface area contributed by atoms with E-state index in [1.54, 1.807) is 0 Å². The molecule has 18 heavy (non-hydrogen) atoms. The molecule has 1 saturated heterocycles. The number of rotatable bonds is 5. The minimum Gasteiger partial charge on any atom is -0.370 e. The van der Waals surface area contributed by atoms with Gasteiger partial charge in [-0.15, -0.1) is 0 Å². The molecule has 0 aromatic carbocycles. The van der Waals surface area contributed by atoms with E-state index >= 15 is 0 Å². The van der Waals surface area contributed by atoms with Crippen LogP contribution in [0.5, 0.6) is 0 Å². The van der Waals surface area contributed by atoms with E-state index in [2.05, 4.69) is 47.0 Å². The Balaban J connectivity index is 2.22. The van der Waals surface area contributed by atoms with E-state index in [0.717, 1.165) is 43.4 Å². The Morgan fingerprint density at radius 1 is 1.39 bits per heavy atom. The molecule has 1 aliphatic heterocycles. The van der Waals surface area contributed by atoms with Gasteiger partial charge in [0.05, 0.1) is 0 Å². The van der Waals surface area contributed by atoms with Gasteiger partial charge in [-0.1, -0.05) is 13.8 Å². The molecule has 1 unspecified atom stereocenters. The maximum atomic E-state index is 4.67. The number of nitrogens with zero attached hydrogens (tertiary/aromatic N) is 3. The third-order valence-electron chi connectivity index (χ3n) is 3.48. The van der Waals surface area contributed by atoms with Gasteiger partial charge in [0.2, 0.25) is 0 Å². The number of nitrogens with one attached hydrogen (secondary N) is 1. The Bertz CT molecular complexity index is 391. The zero-order valence-corrected chi connectivity index (χ0v) is 11.7.